The second-order valence-corrected chi connectivity index (χ2v) is 1.22. The third kappa shape index (κ3) is 4.88. The van der Waals surface area contributed by atoms with Gasteiger partial charge in [-0.15, -0.1) is 0 Å². The van der Waals surface area contributed by atoms with Crippen molar-refractivity contribution in [2.24, 2.45) is 10.7 Å². The first-order chi connectivity index (χ1) is 3.77. The zero-order valence-electron chi connectivity index (χ0n) is 4.76. The fourth-order valence-electron chi connectivity index (χ4n) is 0.209. The van der Waals surface area contributed by atoms with E-state index in [4.69, 9.17) is 11.1 Å². The van der Waals surface area contributed by atoms with Crippen LogP contribution in [0, 0.1) is 5.41 Å². The highest BCUT2D eigenvalue weighted by Gasteiger charge is 1.70. The Morgan fingerprint density at radius 2 is 2.38 bits per heavy atom. The molecule has 0 aromatic heterocycles. The third-order valence-corrected chi connectivity index (χ3v) is 0.449. The normalized spacial score (nSPS) is 11.1. The van der Waals surface area contributed by atoms with Crippen LogP contribution in [0.1, 0.15) is 6.92 Å². The van der Waals surface area contributed by atoms with Crippen molar-refractivity contribution >= 4 is 12.1 Å². The SMILES string of the molecule is C/C=C\N=C\C(=N)N. The summed E-state index contributed by atoms with van der Waals surface area (Å²) in [6, 6.07) is 0. The van der Waals surface area contributed by atoms with Crippen LogP contribution in [-0.4, -0.2) is 12.1 Å². The number of nitrogens with two attached hydrogens (primary N) is 1. The van der Waals surface area contributed by atoms with E-state index in [0.29, 0.717) is 0 Å². The van der Waals surface area contributed by atoms with Crippen LogP contribution in [0.4, 0.5) is 0 Å². The van der Waals surface area contributed by atoms with E-state index in [9.17, 15) is 0 Å². The average Bonchev–Trinajstić information content (AvgIpc) is 1.66. The molecule has 0 spiro atoms. The monoisotopic (exact) mass is 111 g/mol. The summed E-state index contributed by atoms with van der Waals surface area (Å²) < 4.78 is 0. The van der Waals surface area contributed by atoms with E-state index in [2.05, 4.69) is 4.99 Å². The van der Waals surface area contributed by atoms with Gasteiger partial charge in [-0.1, -0.05) is 6.08 Å². The molecule has 0 aliphatic carbocycles. The Morgan fingerprint density at radius 3 is 2.75 bits per heavy atom. The Morgan fingerprint density at radius 1 is 1.75 bits per heavy atom. The fraction of sp³-hybridized carbons (Fsp3) is 0.200. The molecule has 0 rings (SSSR count). The van der Waals surface area contributed by atoms with Crippen LogP contribution in [-0.2, 0) is 0 Å². The molecule has 0 atom stereocenters. The average molecular weight is 111 g/mol. The number of nitrogens with one attached hydrogen (secondary N) is 1. The lowest BCUT2D eigenvalue weighted by atomic mass is 10.6. The molecule has 0 aromatic rings. The molecule has 0 fully saturated rings. The number of aliphatic imine (C=N–C) groups is 1. The minimum atomic E-state index is -0.0249. The van der Waals surface area contributed by atoms with Crippen LogP contribution >= 0.6 is 0 Å². The van der Waals surface area contributed by atoms with Crippen molar-refractivity contribution in [2.45, 2.75) is 6.92 Å². The first kappa shape index (κ1) is 6.88. The van der Waals surface area contributed by atoms with Gasteiger partial charge in [0.05, 0.1) is 6.21 Å². The van der Waals surface area contributed by atoms with Gasteiger partial charge in [0.2, 0.25) is 0 Å². The summed E-state index contributed by atoms with van der Waals surface area (Å²) >= 11 is 0. The van der Waals surface area contributed by atoms with Crippen molar-refractivity contribution < 1.29 is 0 Å². The van der Waals surface area contributed by atoms with E-state index in [1.54, 1.807) is 12.3 Å². The lowest BCUT2D eigenvalue weighted by molar-refractivity contribution is 1.47. The first-order valence-electron chi connectivity index (χ1n) is 2.25. The van der Waals surface area contributed by atoms with E-state index < -0.39 is 0 Å². The van der Waals surface area contributed by atoms with Crippen LogP contribution in [0.5, 0.6) is 0 Å². The van der Waals surface area contributed by atoms with E-state index in [1.807, 2.05) is 6.92 Å². The maximum atomic E-state index is 6.67. The van der Waals surface area contributed by atoms with Gasteiger partial charge < -0.3 is 5.73 Å². The zero-order chi connectivity index (χ0) is 6.41. The molecule has 0 saturated carbocycles. The number of hydrogen-bond donors (Lipinski definition) is 2. The van der Waals surface area contributed by atoms with Crippen molar-refractivity contribution in [1.29, 1.82) is 5.41 Å². The largest absolute Gasteiger partial charge is 0.383 e. The Kier molecular flexibility index (Phi) is 3.48. The topological polar surface area (TPSA) is 62.2 Å². The van der Waals surface area contributed by atoms with Gasteiger partial charge in [-0.05, 0) is 6.92 Å². The molecule has 0 aliphatic rings. The van der Waals surface area contributed by atoms with Crippen molar-refractivity contribution in [2.75, 3.05) is 0 Å². The quantitative estimate of drug-likeness (QED) is 0.396. The number of rotatable bonds is 2. The smallest absolute Gasteiger partial charge is 0.134 e. The second-order valence-electron chi connectivity index (χ2n) is 1.22. The maximum absolute atomic E-state index is 6.67. The molecule has 0 aliphatic heterocycles. The molecule has 0 heterocycles. The van der Waals surface area contributed by atoms with Gasteiger partial charge in [0, 0.05) is 6.20 Å². The minimum Gasteiger partial charge on any atom is -0.383 e. The Hall–Kier alpha value is -1.12. The Bertz CT molecular complexity index is 124. The second kappa shape index (κ2) is 4.05. The summed E-state index contributed by atoms with van der Waals surface area (Å²) in [5, 5.41) is 6.67. The molecule has 3 heteroatoms. The predicted octanol–water partition coefficient (Wildman–Crippen LogP) is 0.527. The Balaban J connectivity index is 3.50. The number of hydrogen-bond acceptors (Lipinski definition) is 2. The van der Waals surface area contributed by atoms with E-state index in [1.165, 1.54) is 6.21 Å². The maximum Gasteiger partial charge on any atom is 0.134 e. The molecule has 8 heavy (non-hydrogen) atoms. The van der Waals surface area contributed by atoms with Crippen LogP contribution in [0.15, 0.2) is 17.3 Å². The van der Waals surface area contributed by atoms with Gasteiger partial charge in [-0.2, -0.15) is 0 Å². The van der Waals surface area contributed by atoms with Crippen LogP contribution < -0.4 is 5.73 Å². The summed E-state index contributed by atoms with van der Waals surface area (Å²) in [4.78, 5) is 3.63. The Labute approximate surface area is 48.4 Å². The van der Waals surface area contributed by atoms with Gasteiger partial charge in [-0.25, -0.2) is 0 Å². The number of allylic oxidation sites excluding steroid dienone is 1. The van der Waals surface area contributed by atoms with Crippen LogP contribution in [0.3, 0.4) is 0 Å². The van der Waals surface area contributed by atoms with Gasteiger partial charge in [0.25, 0.3) is 0 Å². The molecule has 0 radical (unpaired) electrons. The minimum absolute atomic E-state index is 0.0249. The molecule has 44 valence electrons. The highest BCUT2D eigenvalue weighted by Crippen LogP contribution is 1.68. The molecule has 0 unspecified atom stereocenters. The third-order valence-electron chi connectivity index (χ3n) is 0.449. The first-order valence-corrected chi connectivity index (χ1v) is 2.25. The molecular formula is C5H9N3. The highest BCUT2D eigenvalue weighted by atomic mass is 14.8. The number of amidine groups is 1. The van der Waals surface area contributed by atoms with Crippen molar-refractivity contribution in [3.8, 4) is 0 Å². The van der Waals surface area contributed by atoms with Gasteiger partial charge >= 0.3 is 0 Å². The lowest BCUT2D eigenvalue weighted by Gasteiger charge is -1.77. The summed E-state index contributed by atoms with van der Waals surface area (Å²) in [5.74, 6) is -0.0249. The fourth-order valence-corrected chi connectivity index (χ4v) is 0.209. The standard InChI is InChI=1S/C5H9N3/c1-2-3-8-4-5(6)7/h2-4H,1H3,(H3,6,7)/b3-2-,8-4+. The van der Waals surface area contributed by atoms with Gasteiger partial charge in [-0.3, -0.25) is 10.4 Å². The summed E-state index contributed by atoms with van der Waals surface area (Å²) in [7, 11) is 0. The number of nitrogens with zero attached hydrogens (tertiary/aromatic N) is 1. The van der Waals surface area contributed by atoms with Crippen molar-refractivity contribution in [3.05, 3.63) is 12.3 Å². The predicted molar refractivity (Wildman–Crippen MR) is 35.2 cm³/mol. The lowest BCUT2D eigenvalue weighted by Crippen LogP contribution is -2.09. The van der Waals surface area contributed by atoms with Crippen LogP contribution in [0.2, 0.25) is 0 Å². The molecule has 0 aromatic carbocycles. The van der Waals surface area contributed by atoms with E-state index >= 15 is 0 Å². The molecule has 0 bridgehead atoms. The summed E-state index contributed by atoms with van der Waals surface area (Å²) in [5.41, 5.74) is 4.93. The van der Waals surface area contributed by atoms with Crippen LogP contribution in [0.25, 0.3) is 0 Å². The molecule has 3 N–H and O–H groups in total. The van der Waals surface area contributed by atoms with E-state index in [0.717, 1.165) is 0 Å². The summed E-state index contributed by atoms with van der Waals surface area (Å²) in [6.45, 7) is 1.84. The molecular weight excluding hydrogens is 102 g/mol. The van der Waals surface area contributed by atoms with Crippen molar-refractivity contribution in [1.82, 2.24) is 0 Å². The van der Waals surface area contributed by atoms with Gasteiger partial charge in [0.1, 0.15) is 5.84 Å². The zero-order valence-corrected chi connectivity index (χ0v) is 4.76. The highest BCUT2D eigenvalue weighted by molar-refractivity contribution is 6.27. The van der Waals surface area contributed by atoms with E-state index in [-0.39, 0.29) is 5.84 Å². The molecule has 0 amide bonds. The van der Waals surface area contributed by atoms with Crippen molar-refractivity contribution in [3.63, 3.8) is 0 Å². The molecule has 3 nitrogen and oxygen atoms in total. The molecule has 0 saturated heterocycles. The van der Waals surface area contributed by atoms with Gasteiger partial charge in [0.15, 0.2) is 0 Å². The summed E-state index contributed by atoms with van der Waals surface area (Å²) in [6.07, 6.45) is 4.61.